The minimum atomic E-state index is -1.50. The standard InChI is InChI=1S/C16H14ClF3O/c1-8-4-10(5-9(2)16(8)21-3)14(17)11-6-12(18)15(20)13(19)7-11/h4-7,14H,1-3H3. The molecule has 2 aromatic carbocycles. The summed E-state index contributed by atoms with van der Waals surface area (Å²) in [5.41, 5.74) is 2.55. The van der Waals surface area contributed by atoms with Gasteiger partial charge in [0, 0.05) is 0 Å². The van der Waals surface area contributed by atoms with E-state index in [1.807, 2.05) is 13.8 Å². The van der Waals surface area contributed by atoms with Gasteiger partial charge in [0.15, 0.2) is 17.5 Å². The van der Waals surface area contributed by atoms with Crippen LogP contribution in [0.2, 0.25) is 0 Å². The molecule has 0 fully saturated rings. The molecule has 0 aliphatic rings. The molecule has 0 aliphatic carbocycles. The summed E-state index contributed by atoms with van der Waals surface area (Å²) in [5.74, 6) is -3.26. The largest absolute Gasteiger partial charge is 0.496 e. The molecule has 0 radical (unpaired) electrons. The molecule has 112 valence electrons. The summed E-state index contributed by atoms with van der Waals surface area (Å²) in [6, 6.07) is 5.38. The molecule has 2 rings (SSSR count). The Labute approximate surface area is 126 Å². The lowest BCUT2D eigenvalue weighted by Gasteiger charge is -2.15. The van der Waals surface area contributed by atoms with Crippen LogP contribution >= 0.6 is 11.6 Å². The molecule has 0 aliphatic heterocycles. The van der Waals surface area contributed by atoms with Gasteiger partial charge in [-0.15, -0.1) is 11.6 Å². The van der Waals surface area contributed by atoms with E-state index in [9.17, 15) is 13.2 Å². The second kappa shape index (κ2) is 5.98. The van der Waals surface area contributed by atoms with Gasteiger partial charge in [-0.3, -0.25) is 0 Å². The van der Waals surface area contributed by atoms with Crippen LogP contribution < -0.4 is 4.74 Å². The van der Waals surface area contributed by atoms with Crippen LogP contribution in [0.3, 0.4) is 0 Å². The monoisotopic (exact) mass is 314 g/mol. The molecule has 0 spiro atoms. The molecule has 1 unspecified atom stereocenters. The van der Waals surface area contributed by atoms with Crippen LogP contribution in [0, 0.1) is 31.3 Å². The van der Waals surface area contributed by atoms with Crippen LogP contribution in [0.4, 0.5) is 13.2 Å². The minimum absolute atomic E-state index is 0.164. The third kappa shape index (κ3) is 3.00. The summed E-state index contributed by atoms with van der Waals surface area (Å²) in [6.07, 6.45) is 0. The highest BCUT2D eigenvalue weighted by Gasteiger charge is 2.18. The first-order valence-electron chi connectivity index (χ1n) is 6.28. The topological polar surface area (TPSA) is 9.23 Å². The molecule has 0 amide bonds. The lowest BCUT2D eigenvalue weighted by molar-refractivity contribution is 0.408. The molecule has 1 atom stereocenters. The van der Waals surface area contributed by atoms with Gasteiger partial charge in [-0.1, -0.05) is 12.1 Å². The van der Waals surface area contributed by atoms with Crippen LogP contribution in [0.5, 0.6) is 5.75 Å². The Morgan fingerprint density at radius 1 is 0.905 bits per heavy atom. The van der Waals surface area contributed by atoms with Gasteiger partial charge in [0.2, 0.25) is 0 Å². The maximum atomic E-state index is 13.3. The van der Waals surface area contributed by atoms with Crippen LogP contribution in [-0.2, 0) is 0 Å². The zero-order chi connectivity index (χ0) is 15.7. The number of benzene rings is 2. The number of alkyl halides is 1. The van der Waals surface area contributed by atoms with Gasteiger partial charge in [0.25, 0.3) is 0 Å². The fraction of sp³-hybridized carbons (Fsp3) is 0.250. The van der Waals surface area contributed by atoms with E-state index in [2.05, 4.69) is 0 Å². The quantitative estimate of drug-likeness (QED) is 0.568. The average molecular weight is 315 g/mol. The lowest BCUT2D eigenvalue weighted by atomic mass is 9.99. The van der Waals surface area contributed by atoms with Crippen molar-refractivity contribution in [2.45, 2.75) is 19.2 Å². The smallest absolute Gasteiger partial charge is 0.194 e. The maximum Gasteiger partial charge on any atom is 0.194 e. The fourth-order valence-electron chi connectivity index (χ4n) is 2.37. The molecule has 0 aromatic heterocycles. The molecule has 1 nitrogen and oxygen atoms in total. The van der Waals surface area contributed by atoms with Gasteiger partial charge in [0.1, 0.15) is 5.75 Å². The van der Waals surface area contributed by atoms with Gasteiger partial charge in [0.05, 0.1) is 12.5 Å². The van der Waals surface area contributed by atoms with Crippen LogP contribution in [-0.4, -0.2) is 7.11 Å². The van der Waals surface area contributed by atoms with E-state index >= 15 is 0 Å². The molecule has 0 saturated carbocycles. The first kappa shape index (κ1) is 15.7. The van der Waals surface area contributed by atoms with Gasteiger partial charge >= 0.3 is 0 Å². The lowest BCUT2D eigenvalue weighted by Crippen LogP contribution is -2.01. The van der Waals surface area contributed by atoms with Gasteiger partial charge < -0.3 is 4.74 Å². The van der Waals surface area contributed by atoms with Crippen LogP contribution in [0.15, 0.2) is 24.3 Å². The van der Waals surface area contributed by atoms with E-state index in [1.54, 1.807) is 19.2 Å². The first-order chi connectivity index (χ1) is 9.85. The number of aryl methyl sites for hydroxylation is 2. The molecule has 5 heteroatoms. The fourth-order valence-corrected chi connectivity index (χ4v) is 2.62. The normalized spacial score (nSPS) is 12.3. The SMILES string of the molecule is COc1c(C)cc(C(Cl)c2cc(F)c(F)c(F)c2)cc1C. The summed E-state index contributed by atoms with van der Waals surface area (Å²) in [6.45, 7) is 3.70. The van der Waals surface area contributed by atoms with Crippen molar-refractivity contribution in [2.24, 2.45) is 0 Å². The van der Waals surface area contributed by atoms with E-state index in [-0.39, 0.29) is 5.56 Å². The number of ether oxygens (including phenoxy) is 1. The Morgan fingerprint density at radius 2 is 1.33 bits per heavy atom. The van der Waals surface area contributed by atoms with Gasteiger partial charge in [-0.05, 0) is 48.2 Å². The zero-order valence-electron chi connectivity index (χ0n) is 11.8. The average Bonchev–Trinajstić information content (AvgIpc) is 2.43. The highest BCUT2D eigenvalue weighted by molar-refractivity contribution is 6.22. The Morgan fingerprint density at radius 3 is 1.76 bits per heavy atom. The second-order valence-electron chi connectivity index (χ2n) is 4.85. The van der Waals surface area contributed by atoms with E-state index < -0.39 is 22.8 Å². The van der Waals surface area contributed by atoms with Crippen molar-refractivity contribution in [1.82, 2.24) is 0 Å². The molecular weight excluding hydrogens is 301 g/mol. The van der Waals surface area contributed by atoms with Crippen molar-refractivity contribution in [1.29, 1.82) is 0 Å². The van der Waals surface area contributed by atoms with E-state index in [4.69, 9.17) is 16.3 Å². The molecule has 2 aromatic rings. The highest BCUT2D eigenvalue weighted by Crippen LogP contribution is 2.34. The van der Waals surface area contributed by atoms with Crippen molar-refractivity contribution in [3.63, 3.8) is 0 Å². The van der Waals surface area contributed by atoms with E-state index in [1.165, 1.54) is 0 Å². The molecule has 0 saturated heterocycles. The van der Waals surface area contributed by atoms with E-state index in [0.29, 0.717) is 5.56 Å². The predicted molar refractivity (Wildman–Crippen MR) is 76.5 cm³/mol. The van der Waals surface area contributed by atoms with Gasteiger partial charge in [-0.25, -0.2) is 13.2 Å². The number of methoxy groups -OCH3 is 1. The summed E-state index contributed by atoms with van der Waals surface area (Å²) in [4.78, 5) is 0. The highest BCUT2D eigenvalue weighted by atomic mass is 35.5. The molecule has 21 heavy (non-hydrogen) atoms. The Hall–Kier alpha value is -1.68. The van der Waals surface area contributed by atoms with E-state index in [0.717, 1.165) is 29.0 Å². The minimum Gasteiger partial charge on any atom is -0.496 e. The number of hydrogen-bond donors (Lipinski definition) is 0. The number of hydrogen-bond acceptors (Lipinski definition) is 1. The first-order valence-corrected chi connectivity index (χ1v) is 6.72. The summed E-state index contributed by atoms with van der Waals surface area (Å²) in [5, 5.41) is -0.780. The van der Waals surface area contributed by atoms with Crippen molar-refractivity contribution >= 4 is 11.6 Å². The number of rotatable bonds is 3. The molecule has 0 N–H and O–H groups in total. The molecule has 0 bridgehead atoms. The zero-order valence-corrected chi connectivity index (χ0v) is 12.6. The third-order valence-electron chi connectivity index (χ3n) is 3.28. The number of halogens is 4. The van der Waals surface area contributed by atoms with Crippen molar-refractivity contribution in [3.8, 4) is 5.75 Å². The Kier molecular flexibility index (Phi) is 4.47. The second-order valence-corrected chi connectivity index (χ2v) is 5.29. The predicted octanol–water partition coefficient (Wildman–Crippen LogP) is 5.06. The summed E-state index contributed by atoms with van der Waals surface area (Å²) in [7, 11) is 1.57. The van der Waals surface area contributed by atoms with Crippen molar-refractivity contribution in [3.05, 3.63) is 64.0 Å². The van der Waals surface area contributed by atoms with Crippen molar-refractivity contribution in [2.75, 3.05) is 7.11 Å². The molecule has 0 heterocycles. The molecular formula is C16H14ClF3O. The summed E-state index contributed by atoms with van der Waals surface area (Å²) >= 11 is 6.27. The maximum absolute atomic E-state index is 13.3. The third-order valence-corrected chi connectivity index (χ3v) is 3.78. The van der Waals surface area contributed by atoms with Crippen LogP contribution in [0.25, 0.3) is 0 Å². The van der Waals surface area contributed by atoms with Crippen LogP contribution in [0.1, 0.15) is 27.6 Å². The van der Waals surface area contributed by atoms with Gasteiger partial charge in [-0.2, -0.15) is 0 Å². The Bertz CT molecular complexity index is 639. The summed E-state index contributed by atoms with van der Waals surface area (Å²) < 4.78 is 44.9. The van der Waals surface area contributed by atoms with Crippen molar-refractivity contribution < 1.29 is 17.9 Å². The Balaban J connectivity index is 2.47.